The minimum Gasteiger partial charge on any atom is -0.361 e. The molecule has 1 aliphatic heterocycles. The lowest BCUT2D eigenvalue weighted by Crippen LogP contribution is -2.36. The topological polar surface area (TPSA) is 90.7 Å². The van der Waals surface area contributed by atoms with Gasteiger partial charge in [0.25, 0.3) is 0 Å². The van der Waals surface area contributed by atoms with Gasteiger partial charge in [-0.15, -0.1) is 5.10 Å². The van der Waals surface area contributed by atoms with Crippen molar-refractivity contribution in [2.45, 2.75) is 19.1 Å². The molecule has 0 radical (unpaired) electrons. The summed E-state index contributed by atoms with van der Waals surface area (Å²) in [6, 6.07) is 6.83. The van der Waals surface area contributed by atoms with Crippen molar-refractivity contribution in [2.75, 3.05) is 42.7 Å². The van der Waals surface area contributed by atoms with E-state index in [1.165, 1.54) is 18.3 Å². The number of nitrogens with one attached hydrogen (secondary N) is 2. The second-order valence-corrected chi connectivity index (χ2v) is 9.89. The third kappa shape index (κ3) is 5.71. The van der Waals surface area contributed by atoms with Crippen LogP contribution in [-0.4, -0.2) is 57.7 Å². The van der Waals surface area contributed by atoms with E-state index < -0.39 is 17.8 Å². The zero-order valence-corrected chi connectivity index (χ0v) is 21.3. The normalized spacial score (nSPS) is 13.5. The van der Waals surface area contributed by atoms with E-state index in [0.29, 0.717) is 16.2 Å². The number of amides is 2. The van der Waals surface area contributed by atoms with E-state index in [2.05, 4.69) is 37.5 Å². The Bertz CT molecular complexity index is 1550. The van der Waals surface area contributed by atoms with Crippen molar-refractivity contribution >= 4 is 39.7 Å². The number of anilines is 3. The Hall–Kier alpha value is -4.15. The molecule has 2 N–H and O–H groups in total. The highest BCUT2D eigenvalue weighted by atomic mass is 32.1. The molecule has 196 valence electrons. The second-order valence-electron chi connectivity index (χ2n) is 8.86. The van der Waals surface area contributed by atoms with Crippen LogP contribution in [0.25, 0.3) is 5.65 Å². The summed E-state index contributed by atoms with van der Waals surface area (Å²) in [6.45, 7) is 1.80. The Balaban J connectivity index is 1.25. The van der Waals surface area contributed by atoms with Crippen molar-refractivity contribution < 1.29 is 18.0 Å². The number of carbonyl (C=O) groups excluding carboxylic acids is 1. The lowest BCUT2D eigenvalue weighted by molar-refractivity contribution is -0.138. The molecule has 0 spiro atoms. The van der Waals surface area contributed by atoms with Gasteiger partial charge in [0.05, 0.1) is 22.8 Å². The molecule has 0 aliphatic carbocycles. The molecular weight excluding hydrogens is 517 g/mol. The van der Waals surface area contributed by atoms with E-state index in [0.717, 1.165) is 42.7 Å². The van der Waals surface area contributed by atoms with Gasteiger partial charge in [-0.05, 0) is 61.2 Å². The van der Waals surface area contributed by atoms with Crippen LogP contribution in [0.4, 0.5) is 34.6 Å². The summed E-state index contributed by atoms with van der Waals surface area (Å²) in [6.07, 6.45) is -0.420. The second kappa shape index (κ2) is 10.3. The standard InChI is InChI=1S/C25H23F3N8OS/c1-34(2)22-9-8-21-29-13-18(36(21)33-22)6-7-19-14-30-24(38-19)32-23(37)31-17-5-4-16(15-35-10-3-11-35)20(12-17)25(26,27)28/h4-5,8-9,12-14H,3,10-11,15H2,1-2H3,(H2,30,31,32,37). The molecule has 38 heavy (non-hydrogen) atoms. The van der Waals surface area contributed by atoms with Gasteiger partial charge in [-0.1, -0.05) is 17.4 Å². The third-order valence-electron chi connectivity index (χ3n) is 5.86. The highest BCUT2D eigenvalue weighted by Crippen LogP contribution is 2.35. The smallest absolute Gasteiger partial charge is 0.361 e. The monoisotopic (exact) mass is 540 g/mol. The number of rotatable bonds is 5. The van der Waals surface area contributed by atoms with Crippen LogP contribution in [0.5, 0.6) is 0 Å². The molecule has 1 saturated heterocycles. The van der Waals surface area contributed by atoms with Crippen LogP contribution in [0.1, 0.15) is 28.1 Å². The van der Waals surface area contributed by atoms with Gasteiger partial charge in [0.15, 0.2) is 10.8 Å². The Morgan fingerprint density at radius 2 is 1.92 bits per heavy atom. The van der Waals surface area contributed by atoms with E-state index in [-0.39, 0.29) is 22.9 Å². The number of hydrogen-bond donors (Lipinski definition) is 2. The quantitative estimate of drug-likeness (QED) is 0.362. The van der Waals surface area contributed by atoms with Crippen LogP contribution in [0.3, 0.4) is 0 Å². The van der Waals surface area contributed by atoms with E-state index in [4.69, 9.17) is 0 Å². The fourth-order valence-corrected chi connectivity index (χ4v) is 4.46. The Labute approximate surface area is 220 Å². The van der Waals surface area contributed by atoms with Crippen LogP contribution < -0.4 is 15.5 Å². The SMILES string of the molecule is CN(C)c1ccc2ncc(C#Cc3cnc(NC(=O)Nc4ccc(CN5CCC5)c(C(F)(F)F)c4)s3)n2n1. The molecule has 5 rings (SSSR count). The van der Waals surface area contributed by atoms with Gasteiger partial charge < -0.3 is 10.2 Å². The van der Waals surface area contributed by atoms with Gasteiger partial charge in [0.1, 0.15) is 11.5 Å². The molecule has 4 aromatic rings. The summed E-state index contributed by atoms with van der Waals surface area (Å²) in [4.78, 5) is 25.3. The number of aromatic nitrogens is 4. The molecule has 4 heterocycles. The summed E-state index contributed by atoms with van der Waals surface area (Å²) in [5, 5.41) is 9.75. The number of alkyl halides is 3. The maximum absolute atomic E-state index is 13.6. The number of thiazole rings is 1. The molecule has 0 saturated carbocycles. The van der Waals surface area contributed by atoms with Crippen LogP contribution in [0.2, 0.25) is 0 Å². The zero-order chi connectivity index (χ0) is 26.9. The van der Waals surface area contributed by atoms with Gasteiger partial charge in [0, 0.05) is 26.3 Å². The summed E-state index contributed by atoms with van der Waals surface area (Å²) in [5.74, 6) is 6.73. The first-order valence-corrected chi connectivity index (χ1v) is 12.5. The minimum absolute atomic E-state index is 0.0379. The molecule has 9 nitrogen and oxygen atoms in total. The maximum Gasteiger partial charge on any atom is 0.416 e. The van der Waals surface area contributed by atoms with Crippen molar-refractivity contribution in [1.29, 1.82) is 0 Å². The number of urea groups is 1. The first kappa shape index (κ1) is 25.5. The molecule has 1 aliphatic rings. The Morgan fingerprint density at radius 1 is 1.11 bits per heavy atom. The summed E-state index contributed by atoms with van der Waals surface area (Å²) < 4.78 is 42.5. The maximum atomic E-state index is 13.6. The van der Waals surface area contributed by atoms with Crippen LogP contribution in [0, 0.1) is 11.8 Å². The highest BCUT2D eigenvalue weighted by Gasteiger charge is 2.34. The lowest BCUT2D eigenvalue weighted by atomic mass is 10.0. The number of halogens is 3. The molecule has 13 heteroatoms. The minimum atomic E-state index is -4.53. The fourth-order valence-electron chi connectivity index (χ4n) is 3.80. The molecule has 0 bridgehead atoms. The van der Waals surface area contributed by atoms with Gasteiger partial charge in [-0.2, -0.15) is 13.2 Å². The van der Waals surface area contributed by atoms with Crippen LogP contribution in [0.15, 0.2) is 42.7 Å². The summed E-state index contributed by atoms with van der Waals surface area (Å²) in [5.41, 5.74) is 0.711. The first-order chi connectivity index (χ1) is 18.2. The molecular formula is C25H23F3N8OS. The Morgan fingerprint density at radius 3 is 2.63 bits per heavy atom. The number of hydrogen-bond acceptors (Lipinski definition) is 7. The molecule has 0 atom stereocenters. The van der Waals surface area contributed by atoms with E-state index in [1.807, 2.05) is 36.0 Å². The number of benzene rings is 1. The summed E-state index contributed by atoms with van der Waals surface area (Å²) in [7, 11) is 3.77. The Kier molecular flexibility index (Phi) is 6.92. The van der Waals surface area contributed by atoms with Crippen molar-refractivity contribution in [1.82, 2.24) is 24.5 Å². The van der Waals surface area contributed by atoms with Gasteiger partial charge >= 0.3 is 12.2 Å². The predicted octanol–water partition coefficient (Wildman–Crippen LogP) is 4.52. The number of carbonyl (C=O) groups is 1. The average molecular weight is 541 g/mol. The number of fused-ring (bicyclic) bond motifs is 1. The predicted molar refractivity (Wildman–Crippen MR) is 139 cm³/mol. The molecule has 0 unspecified atom stereocenters. The summed E-state index contributed by atoms with van der Waals surface area (Å²) >= 11 is 1.13. The first-order valence-electron chi connectivity index (χ1n) is 11.7. The van der Waals surface area contributed by atoms with Crippen LogP contribution >= 0.6 is 11.3 Å². The van der Waals surface area contributed by atoms with Crippen LogP contribution in [-0.2, 0) is 12.7 Å². The van der Waals surface area contributed by atoms with Crippen molar-refractivity contribution in [2.24, 2.45) is 0 Å². The lowest BCUT2D eigenvalue weighted by Gasteiger charge is -2.31. The van der Waals surface area contributed by atoms with Crippen molar-refractivity contribution in [3.05, 3.63) is 64.4 Å². The number of imidazole rings is 1. The molecule has 3 aromatic heterocycles. The zero-order valence-electron chi connectivity index (χ0n) is 20.5. The highest BCUT2D eigenvalue weighted by molar-refractivity contribution is 7.16. The molecule has 1 fully saturated rings. The van der Waals surface area contributed by atoms with E-state index in [1.54, 1.807) is 10.7 Å². The van der Waals surface area contributed by atoms with E-state index >= 15 is 0 Å². The fraction of sp³-hybridized carbons (Fsp3) is 0.280. The third-order valence-corrected chi connectivity index (χ3v) is 6.69. The number of nitrogens with zero attached hydrogens (tertiary/aromatic N) is 6. The average Bonchev–Trinajstić information content (AvgIpc) is 3.46. The number of likely N-dealkylation sites (tertiary alicyclic amines) is 1. The van der Waals surface area contributed by atoms with Crippen molar-refractivity contribution in [3.8, 4) is 11.8 Å². The van der Waals surface area contributed by atoms with Gasteiger partial charge in [-0.25, -0.2) is 19.3 Å². The largest absolute Gasteiger partial charge is 0.416 e. The van der Waals surface area contributed by atoms with Gasteiger partial charge in [-0.3, -0.25) is 10.2 Å². The molecule has 1 aromatic carbocycles. The van der Waals surface area contributed by atoms with Crippen molar-refractivity contribution in [3.63, 3.8) is 0 Å². The molecule has 2 amide bonds. The van der Waals surface area contributed by atoms with E-state index in [9.17, 15) is 18.0 Å². The van der Waals surface area contributed by atoms with Gasteiger partial charge in [0.2, 0.25) is 0 Å².